The molecular formula is C13H14F3N3O. The summed E-state index contributed by atoms with van der Waals surface area (Å²) in [6.45, 7) is 1.96. The molecule has 0 spiro atoms. The first-order chi connectivity index (χ1) is 9.45. The van der Waals surface area contributed by atoms with E-state index < -0.39 is 17.5 Å². The van der Waals surface area contributed by atoms with Crippen molar-refractivity contribution >= 4 is 5.69 Å². The topological polar surface area (TPSA) is 39.1 Å². The van der Waals surface area contributed by atoms with Gasteiger partial charge in [-0.1, -0.05) is 0 Å². The third-order valence-corrected chi connectivity index (χ3v) is 2.97. The zero-order chi connectivity index (χ0) is 14.9. The second-order valence-corrected chi connectivity index (χ2v) is 4.27. The molecule has 0 bridgehead atoms. The number of methoxy groups -OCH3 is 1. The first-order valence-electron chi connectivity index (χ1n) is 5.89. The molecule has 1 aromatic heterocycles. The maximum absolute atomic E-state index is 13.5. The molecule has 1 N–H and O–H groups in total. The summed E-state index contributed by atoms with van der Waals surface area (Å²) in [4.78, 5) is 0. The van der Waals surface area contributed by atoms with Crippen molar-refractivity contribution in [1.82, 2.24) is 9.78 Å². The van der Waals surface area contributed by atoms with Crippen LogP contribution < -0.4 is 10.1 Å². The van der Waals surface area contributed by atoms with Crippen LogP contribution in [-0.2, 0) is 13.6 Å². The van der Waals surface area contributed by atoms with Crippen LogP contribution in [0.5, 0.6) is 5.88 Å². The van der Waals surface area contributed by atoms with Crippen LogP contribution in [0.3, 0.4) is 0 Å². The quantitative estimate of drug-likeness (QED) is 0.878. The average molecular weight is 285 g/mol. The molecule has 7 heteroatoms. The summed E-state index contributed by atoms with van der Waals surface area (Å²) in [5, 5.41) is 6.88. The lowest BCUT2D eigenvalue weighted by Crippen LogP contribution is -2.06. The minimum atomic E-state index is -1.50. The Bertz CT molecular complexity index is 640. The fourth-order valence-corrected chi connectivity index (χ4v) is 1.99. The minimum Gasteiger partial charge on any atom is -0.481 e. The molecule has 0 amide bonds. The zero-order valence-corrected chi connectivity index (χ0v) is 11.3. The Hall–Kier alpha value is -2.18. The molecule has 0 aliphatic carbocycles. The van der Waals surface area contributed by atoms with Gasteiger partial charge in [-0.3, -0.25) is 0 Å². The second-order valence-electron chi connectivity index (χ2n) is 4.27. The molecule has 0 fully saturated rings. The SMILES string of the molecule is COc1c(CNc2ccc(F)c(F)c2F)c(C)nn1C. The molecule has 0 saturated heterocycles. The molecule has 2 rings (SSSR count). The Kier molecular flexibility index (Phi) is 3.87. The number of nitrogens with one attached hydrogen (secondary N) is 1. The second kappa shape index (κ2) is 5.44. The Labute approximate surface area is 114 Å². The van der Waals surface area contributed by atoms with Gasteiger partial charge in [0.15, 0.2) is 17.5 Å². The van der Waals surface area contributed by atoms with Gasteiger partial charge in [0.25, 0.3) is 0 Å². The maximum atomic E-state index is 13.5. The van der Waals surface area contributed by atoms with E-state index in [1.54, 1.807) is 18.7 Å². The summed E-state index contributed by atoms with van der Waals surface area (Å²) < 4.78 is 46.2. The number of aryl methyl sites for hydroxylation is 2. The molecule has 0 aliphatic heterocycles. The molecule has 20 heavy (non-hydrogen) atoms. The number of hydrogen-bond acceptors (Lipinski definition) is 3. The zero-order valence-electron chi connectivity index (χ0n) is 11.3. The third-order valence-electron chi connectivity index (χ3n) is 2.97. The lowest BCUT2D eigenvalue weighted by Gasteiger charge is -2.09. The van der Waals surface area contributed by atoms with Crippen LogP contribution in [0.25, 0.3) is 0 Å². The molecule has 0 unspecified atom stereocenters. The van der Waals surface area contributed by atoms with Crippen molar-refractivity contribution in [1.29, 1.82) is 0 Å². The van der Waals surface area contributed by atoms with Crippen LogP contribution in [0.2, 0.25) is 0 Å². The molecule has 2 aromatic rings. The van der Waals surface area contributed by atoms with E-state index in [1.807, 2.05) is 0 Å². The van der Waals surface area contributed by atoms with Gasteiger partial charge in [-0.15, -0.1) is 0 Å². The van der Waals surface area contributed by atoms with Gasteiger partial charge < -0.3 is 10.1 Å². The first kappa shape index (κ1) is 14.2. The van der Waals surface area contributed by atoms with E-state index in [2.05, 4.69) is 10.4 Å². The number of nitrogens with zero attached hydrogens (tertiary/aromatic N) is 2. The fraction of sp³-hybridized carbons (Fsp3) is 0.308. The number of anilines is 1. The van der Waals surface area contributed by atoms with E-state index in [1.165, 1.54) is 7.11 Å². The Morgan fingerprint density at radius 1 is 1.25 bits per heavy atom. The lowest BCUT2D eigenvalue weighted by atomic mass is 10.2. The molecule has 1 heterocycles. The van der Waals surface area contributed by atoms with Gasteiger partial charge in [0.2, 0.25) is 5.88 Å². The van der Waals surface area contributed by atoms with Crippen molar-refractivity contribution < 1.29 is 17.9 Å². The summed E-state index contributed by atoms with van der Waals surface area (Å²) >= 11 is 0. The van der Waals surface area contributed by atoms with E-state index in [9.17, 15) is 13.2 Å². The van der Waals surface area contributed by atoms with Crippen LogP contribution in [0.1, 0.15) is 11.3 Å². The largest absolute Gasteiger partial charge is 0.481 e. The van der Waals surface area contributed by atoms with Crippen molar-refractivity contribution in [2.45, 2.75) is 13.5 Å². The third kappa shape index (κ3) is 2.43. The van der Waals surface area contributed by atoms with Gasteiger partial charge in [0, 0.05) is 13.6 Å². The summed E-state index contributed by atoms with van der Waals surface area (Å²) in [5.74, 6) is -3.43. The predicted octanol–water partition coefficient (Wildman–Crippen LogP) is 2.77. The summed E-state index contributed by atoms with van der Waals surface area (Å²) in [6, 6.07) is 2.01. The van der Waals surface area contributed by atoms with E-state index >= 15 is 0 Å². The van der Waals surface area contributed by atoms with E-state index in [0.29, 0.717) is 11.6 Å². The smallest absolute Gasteiger partial charge is 0.216 e. The van der Waals surface area contributed by atoms with Gasteiger partial charge in [-0.2, -0.15) is 5.10 Å². The molecular weight excluding hydrogens is 271 g/mol. The van der Waals surface area contributed by atoms with Crippen molar-refractivity contribution in [3.63, 3.8) is 0 Å². The number of halogens is 3. The van der Waals surface area contributed by atoms with Crippen LogP contribution in [-0.4, -0.2) is 16.9 Å². The highest BCUT2D eigenvalue weighted by atomic mass is 19.2. The molecule has 0 atom stereocenters. The molecule has 108 valence electrons. The predicted molar refractivity (Wildman–Crippen MR) is 68.1 cm³/mol. The Morgan fingerprint density at radius 2 is 1.95 bits per heavy atom. The van der Waals surface area contributed by atoms with E-state index in [4.69, 9.17) is 4.74 Å². The number of benzene rings is 1. The van der Waals surface area contributed by atoms with Crippen LogP contribution in [0.15, 0.2) is 12.1 Å². The standard InChI is InChI=1S/C13H14F3N3O/c1-7-8(13(20-3)19(2)18-7)6-17-10-5-4-9(14)11(15)12(10)16/h4-5,17H,6H2,1-3H3. The summed E-state index contributed by atoms with van der Waals surface area (Å²) in [6.07, 6.45) is 0. The van der Waals surface area contributed by atoms with Crippen LogP contribution in [0.4, 0.5) is 18.9 Å². The van der Waals surface area contributed by atoms with Gasteiger partial charge in [-0.05, 0) is 19.1 Å². The molecule has 0 aliphatic rings. The Morgan fingerprint density at radius 3 is 2.60 bits per heavy atom. The fourth-order valence-electron chi connectivity index (χ4n) is 1.99. The average Bonchev–Trinajstić information content (AvgIpc) is 2.69. The number of ether oxygens (including phenoxy) is 1. The van der Waals surface area contributed by atoms with Gasteiger partial charge >= 0.3 is 0 Å². The maximum Gasteiger partial charge on any atom is 0.216 e. The van der Waals surface area contributed by atoms with Gasteiger partial charge in [0.05, 0.1) is 24.1 Å². The van der Waals surface area contributed by atoms with Crippen molar-refractivity contribution in [2.75, 3.05) is 12.4 Å². The van der Waals surface area contributed by atoms with Crippen LogP contribution in [0, 0.1) is 24.4 Å². The molecule has 0 saturated carbocycles. The monoisotopic (exact) mass is 285 g/mol. The molecule has 4 nitrogen and oxygen atoms in total. The van der Waals surface area contributed by atoms with E-state index in [0.717, 1.165) is 17.7 Å². The minimum absolute atomic E-state index is 0.116. The van der Waals surface area contributed by atoms with Gasteiger partial charge in [0.1, 0.15) is 0 Å². The highest BCUT2D eigenvalue weighted by Gasteiger charge is 2.16. The van der Waals surface area contributed by atoms with E-state index in [-0.39, 0.29) is 12.2 Å². The highest BCUT2D eigenvalue weighted by Crippen LogP contribution is 2.24. The number of rotatable bonds is 4. The van der Waals surface area contributed by atoms with Crippen LogP contribution >= 0.6 is 0 Å². The lowest BCUT2D eigenvalue weighted by molar-refractivity contribution is 0.369. The summed E-state index contributed by atoms with van der Waals surface area (Å²) in [7, 11) is 3.21. The normalized spacial score (nSPS) is 10.7. The van der Waals surface area contributed by atoms with Crippen molar-refractivity contribution in [2.24, 2.45) is 7.05 Å². The number of aromatic nitrogens is 2. The van der Waals surface area contributed by atoms with Gasteiger partial charge in [-0.25, -0.2) is 17.9 Å². The van der Waals surface area contributed by atoms with Crippen molar-refractivity contribution in [3.05, 3.63) is 40.8 Å². The Balaban J connectivity index is 2.24. The molecule has 1 aromatic carbocycles. The van der Waals surface area contributed by atoms with Crippen molar-refractivity contribution in [3.8, 4) is 5.88 Å². The number of hydrogen-bond donors (Lipinski definition) is 1. The summed E-state index contributed by atoms with van der Waals surface area (Å²) in [5.41, 5.74) is 1.31. The first-order valence-corrected chi connectivity index (χ1v) is 5.89. The molecule has 0 radical (unpaired) electrons. The highest BCUT2D eigenvalue weighted by molar-refractivity contribution is 5.47.